The molecule has 1 atom stereocenters. The van der Waals surface area contributed by atoms with Crippen LogP contribution in [0.15, 0.2) is 18.2 Å². The molecule has 0 radical (unpaired) electrons. The monoisotopic (exact) mass is 262 g/mol. The van der Waals surface area contributed by atoms with E-state index in [0.717, 1.165) is 30.5 Å². The second-order valence-electron chi connectivity index (χ2n) is 4.82. The maximum absolute atomic E-state index is 13.7. The average Bonchev–Trinajstić information content (AvgIpc) is 2.72. The third-order valence-corrected chi connectivity index (χ3v) is 4.61. The van der Waals surface area contributed by atoms with Crippen molar-refractivity contribution in [2.75, 3.05) is 5.73 Å². The van der Waals surface area contributed by atoms with Crippen LogP contribution >= 0.6 is 11.3 Å². The van der Waals surface area contributed by atoms with Crippen molar-refractivity contribution < 1.29 is 4.39 Å². The van der Waals surface area contributed by atoms with E-state index < -0.39 is 0 Å². The van der Waals surface area contributed by atoms with Crippen molar-refractivity contribution in [1.29, 1.82) is 0 Å². The molecule has 1 aliphatic rings. The van der Waals surface area contributed by atoms with Gasteiger partial charge in [0.25, 0.3) is 0 Å². The van der Waals surface area contributed by atoms with E-state index >= 15 is 0 Å². The molecular weight excluding hydrogens is 247 g/mol. The van der Waals surface area contributed by atoms with E-state index in [9.17, 15) is 4.39 Å². The molecule has 1 aromatic heterocycles. The largest absolute Gasteiger partial charge is 0.375 e. The van der Waals surface area contributed by atoms with E-state index in [4.69, 9.17) is 5.73 Å². The number of halogens is 1. The van der Waals surface area contributed by atoms with Gasteiger partial charge in [-0.25, -0.2) is 9.37 Å². The Bertz CT molecular complexity index is 591. The first-order valence-corrected chi connectivity index (χ1v) is 6.98. The molecule has 4 heteroatoms. The smallest absolute Gasteiger partial charge is 0.180 e. The van der Waals surface area contributed by atoms with Crippen molar-refractivity contribution in [3.63, 3.8) is 0 Å². The maximum Gasteiger partial charge on any atom is 0.180 e. The summed E-state index contributed by atoms with van der Waals surface area (Å²) in [4.78, 5) is 5.59. The van der Waals surface area contributed by atoms with Gasteiger partial charge in [0.2, 0.25) is 0 Å². The quantitative estimate of drug-likeness (QED) is 0.852. The average molecular weight is 262 g/mol. The summed E-state index contributed by atoms with van der Waals surface area (Å²) in [6.07, 6.45) is 3.14. The molecule has 0 fully saturated rings. The fourth-order valence-corrected chi connectivity index (χ4v) is 3.63. The van der Waals surface area contributed by atoms with E-state index in [2.05, 4.69) is 4.98 Å². The fraction of sp³-hybridized carbons (Fsp3) is 0.357. The standard InChI is InChI=1S/C14H15FN2S/c1-8-5-6-9(7-11(8)15)10-3-2-4-12-13(10)18-14(16)17-12/h5-7,10H,2-4H2,1H3,(H2,16,17). The minimum Gasteiger partial charge on any atom is -0.375 e. The van der Waals surface area contributed by atoms with Gasteiger partial charge in [0.05, 0.1) is 5.69 Å². The van der Waals surface area contributed by atoms with Gasteiger partial charge < -0.3 is 5.73 Å². The zero-order valence-electron chi connectivity index (χ0n) is 10.2. The van der Waals surface area contributed by atoms with Crippen LogP contribution < -0.4 is 5.73 Å². The zero-order chi connectivity index (χ0) is 12.7. The van der Waals surface area contributed by atoms with E-state index in [0.29, 0.717) is 10.7 Å². The molecule has 0 aliphatic heterocycles. The number of anilines is 1. The second kappa shape index (κ2) is 4.35. The number of hydrogen-bond acceptors (Lipinski definition) is 3. The number of rotatable bonds is 1. The summed E-state index contributed by atoms with van der Waals surface area (Å²) in [6.45, 7) is 1.79. The fourth-order valence-electron chi connectivity index (χ4n) is 2.58. The van der Waals surface area contributed by atoms with Crippen LogP contribution in [0.3, 0.4) is 0 Å². The Labute approximate surface area is 110 Å². The number of hydrogen-bond donors (Lipinski definition) is 1. The number of nitrogens with two attached hydrogens (primary N) is 1. The van der Waals surface area contributed by atoms with Crippen LogP contribution in [0.4, 0.5) is 9.52 Å². The van der Waals surface area contributed by atoms with Gasteiger partial charge in [-0.15, -0.1) is 11.3 Å². The lowest BCUT2D eigenvalue weighted by atomic mass is 9.86. The van der Waals surface area contributed by atoms with Crippen LogP contribution in [0.2, 0.25) is 0 Å². The second-order valence-corrected chi connectivity index (χ2v) is 5.88. The molecule has 2 nitrogen and oxygen atoms in total. The normalized spacial score (nSPS) is 18.7. The van der Waals surface area contributed by atoms with E-state index in [1.807, 2.05) is 12.1 Å². The van der Waals surface area contributed by atoms with Crippen molar-refractivity contribution in [1.82, 2.24) is 4.98 Å². The van der Waals surface area contributed by atoms with Crippen LogP contribution in [0, 0.1) is 12.7 Å². The highest BCUT2D eigenvalue weighted by Crippen LogP contribution is 2.40. The molecule has 1 aromatic carbocycles. The van der Waals surface area contributed by atoms with Crippen LogP contribution in [0.5, 0.6) is 0 Å². The third-order valence-electron chi connectivity index (χ3n) is 3.57. The summed E-state index contributed by atoms with van der Waals surface area (Å²) in [6, 6.07) is 5.53. The molecule has 0 saturated carbocycles. The summed E-state index contributed by atoms with van der Waals surface area (Å²) < 4.78 is 13.7. The Balaban J connectivity index is 2.05. The molecule has 1 aliphatic carbocycles. The Hall–Kier alpha value is -1.42. The van der Waals surface area contributed by atoms with Crippen molar-refractivity contribution in [3.8, 4) is 0 Å². The van der Waals surface area contributed by atoms with E-state index in [-0.39, 0.29) is 11.7 Å². The SMILES string of the molecule is Cc1ccc(C2CCCc3nc(N)sc32)cc1F. The first kappa shape index (κ1) is 11.7. The highest BCUT2D eigenvalue weighted by atomic mass is 32.1. The molecule has 0 amide bonds. The Morgan fingerprint density at radius 3 is 3.06 bits per heavy atom. The Kier molecular flexibility index (Phi) is 2.82. The number of fused-ring (bicyclic) bond motifs is 1. The highest BCUT2D eigenvalue weighted by molar-refractivity contribution is 7.15. The van der Waals surface area contributed by atoms with Crippen LogP contribution in [-0.4, -0.2) is 4.98 Å². The van der Waals surface area contributed by atoms with Crippen molar-refractivity contribution in [3.05, 3.63) is 45.7 Å². The summed E-state index contributed by atoms with van der Waals surface area (Å²) in [5.41, 5.74) is 8.63. The number of aryl methyl sites for hydroxylation is 2. The summed E-state index contributed by atoms with van der Waals surface area (Å²) in [5, 5.41) is 0.625. The molecule has 2 N–H and O–H groups in total. The minimum absolute atomic E-state index is 0.128. The predicted octanol–water partition coefficient (Wildman–Crippen LogP) is 3.64. The van der Waals surface area contributed by atoms with E-state index in [1.54, 1.807) is 24.3 Å². The number of aromatic nitrogens is 1. The summed E-state index contributed by atoms with van der Waals surface area (Å²) in [5.74, 6) is 0.135. The summed E-state index contributed by atoms with van der Waals surface area (Å²) in [7, 11) is 0. The number of nitrogen functional groups attached to an aromatic ring is 1. The zero-order valence-corrected chi connectivity index (χ0v) is 11.1. The number of nitrogens with zero attached hydrogens (tertiary/aromatic N) is 1. The minimum atomic E-state index is -0.128. The molecule has 1 unspecified atom stereocenters. The van der Waals surface area contributed by atoms with Gasteiger partial charge in [0.15, 0.2) is 5.13 Å². The predicted molar refractivity (Wildman–Crippen MR) is 72.4 cm³/mol. The van der Waals surface area contributed by atoms with Gasteiger partial charge >= 0.3 is 0 Å². The lowest BCUT2D eigenvalue weighted by Crippen LogP contribution is -2.09. The van der Waals surface area contributed by atoms with Gasteiger partial charge in [-0.1, -0.05) is 12.1 Å². The molecule has 0 saturated heterocycles. The molecule has 3 rings (SSSR count). The third kappa shape index (κ3) is 1.90. The molecule has 94 valence electrons. The van der Waals surface area contributed by atoms with Crippen LogP contribution in [0.25, 0.3) is 0 Å². The van der Waals surface area contributed by atoms with Crippen LogP contribution in [0.1, 0.15) is 40.5 Å². The Morgan fingerprint density at radius 1 is 1.44 bits per heavy atom. The maximum atomic E-state index is 13.7. The molecule has 0 spiro atoms. The molecule has 18 heavy (non-hydrogen) atoms. The van der Waals surface area contributed by atoms with E-state index in [1.165, 1.54) is 4.88 Å². The topological polar surface area (TPSA) is 38.9 Å². The van der Waals surface area contributed by atoms with Gasteiger partial charge in [-0.3, -0.25) is 0 Å². The van der Waals surface area contributed by atoms with Crippen molar-refractivity contribution in [2.24, 2.45) is 0 Å². The van der Waals surface area contributed by atoms with Crippen molar-refractivity contribution >= 4 is 16.5 Å². The molecule has 0 bridgehead atoms. The Morgan fingerprint density at radius 2 is 2.28 bits per heavy atom. The highest BCUT2D eigenvalue weighted by Gasteiger charge is 2.25. The number of benzene rings is 1. The van der Waals surface area contributed by atoms with Gasteiger partial charge in [0.1, 0.15) is 5.82 Å². The first-order valence-electron chi connectivity index (χ1n) is 6.16. The van der Waals surface area contributed by atoms with Crippen molar-refractivity contribution in [2.45, 2.75) is 32.1 Å². The molecular formula is C14H15FN2S. The first-order chi connectivity index (χ1) is 8.65. The van der Waals surface area contributed by atoms with Gasteiger partial charge in [-0.2, -0.15) is 0 Å². The molecule has 2 aromatic rings. The van der Waals surface area contributed by atoms with Gasteiger partial charge in [-0.05, 0) is 43.4 Å². The number of thiazole rings is 1. The van der Waals surface area contributed by atoms with Crippen LogP contribution in [-0.2, 0) is 6.42 Å². The lowest BCUT2D eigenvalue weighted by molar-refractivity contribution is 0.595. The lowest BCUT2D eigenvalue weighted by Gasteiger charge is -2.21. The summed E-state index contributed by atoms with van der Waals surface area (Å²) >= 11 is 1.55. The molecule has 1 heterocycles. The van der Waals surface area contributed by atoms with Gasteiger partial charge in [0, 0.05) is 10.8 Å².